The van der Waals surface area contributed by atoms with E-state index >= 15 is 0 Å². The highest BCUT2D eigenvalue weighted by Gasteiger charge is 2.31. The van der Waals surface area contributed by atoms with Crippen LogP contribution >= 0.6 is 0 Å². The van der Waals surface area contributed by atoms with Crippen molar-refractivity contribution in [3.8, 4) is 0 Å². The number of hydrogen-bond acceptors (Lipinski definition) is 5. The fraction of sp³-hybridized carbons (Fsp3) is 0.643. The molecule has 1 aromatic rings. The minimum absolute atomic E-state index is 0.0924. The highest BCUT2D eigenvalue weighted by molar-refractivity contribution is 5.96. The van der Waals surface area contributed by atoms with E-state index in [-0.39, 0.29) is 17.9 Å². The molecule has 2 atom stereocenters. The van der Waals surface area contributed by atoms with Crippen LogP contribution in [0.1, 0.15) is 26.2 Å². The average Bonchev–Trinajstić information content (AvgIpc) is 3.10. The first-order valence-electron chi connectivity index (χ1n) is 7.23. The zero-order valence-corrected chi connectivity index (χ0v) is 11.7. The molecule has 6 heteroatoms. The molecule has 0 unspecified atom stereocenters. The van der Waals surface area contributed by atoms with Gasteiger partial charge in [-0.2, -0.15) is 0 Å². The first-order chi connectivity index (χ1) is 9.75. The molecule has 0 radical (unpaired) electrons. The van der Waals surface area contributed by atoms with Gasteiger partial charge in [0, 0.05) is 19.7 Å². The molecule has 0 spiro atoms. The van der Waals surface area contributed by atoms with E-state index in [1.54, 1.807) is 6.20 Å². The van der Waals surface area contributed by atoms with Crippen LogP contribution in [0, 0.1) is 5.92 Å². The summed E-state index contributed by atoms with van der Waals surface area (Å²) in [5.74, 6) is 0.983. The monoisotopic (exact) mass is 276 g/mol. The van der Waals surface area contributed by atoms with Crippen molar-refractivity contribution in [2.45, 2.75) is 32.3 Å². The maximum absolute atomic E-state index is 12.3. The summed E-state index contributed by atoms with van der Waals surface area (Å²) < 4.78 is 5.50. The topological polar surface area (TPSA) is 67.3 Å². The molecule has 2 saturated heterocycles. The third-order valence-corrected chi connectivity index (χ3v) is 4.00. The SMILES string of the molecule is C[C@@H]1CCO[C@@H]1C(=O)Nc1cncnc1N1CCCC1. The lowest BCUT2D eigenvalue weighted by molar-refractivity contribution is -0.126. The summed E-state index contributed by atoms with van der Waals surface area (Å²) in [6.45, 7) is 4.66. The van der Waals surface area contributed by atoms with Gasteiger partial charge in [0.15, 0.2) is 5.82 Å². The van der Waals surface area contributed by atoms with E-state index in [0.29, 0.717) is 12.3 Å². The smallest absolute Gasteiger partial charge is 0.253 e. The number of carbonyl (C=O) groups excluding carboxylic acids is 1. The number of nitrogens with one attached hydrogen (secondary N) is 1. The first-order valence-corrected chi connectivity index (χ1v) is 7.23. The highest BCUT2D eigenvalue weighted by Crippen LogP contribution is 2.27. The standard InChI is InChI=1S/C14H20N4O2/c1-10-4-7-20-12(10)14(19)17-11-8-15-9-16-13(11)18-5-2-3-6-18/h8-10,12H,2-7H2,1H3,(H,17,19)/t10-,12+/m1/s1. The van der Waals surface area contributed by atoms with E-state index in [4.69, 9.17) is 4.74 Å². The van der Waals surface area contributed by atoms with E-state index in [9.17, 15) is 4.79 Å². The summed E-state index contributed by atoms with van der Waals surface area (Å²) in [5, 5.41) is 2.93. The lowest BCUT2D eigenvalue weighted by atomic mass is 10.0. The predicted molar refractivity (Wildman–Crippen MR) is 75.6 cm³/mol. The molecule has 3 rings (SSSR count). The second-order valence-corrected chi connectivity index (χ2v) is 5.50. The lowest BCUT2D eigenvalue weighted by Crippen LogP contribution is -2.32. The van der Waals surface area contributed by atoms with Crippen LogP contribution in [0.5, 0.6) is 0 Å². The third kappa shape index (κ3) is 2.60. The summed E-state index contributed by atoms with van der Waals surface area (Å²) in [6.07, 6.45) is 6.10. The van der Waals surface area contributed by atoms with Gasteiger partial charge in [-0.15, -0.1) is 0 Å². The molecule has 0 bridgehead atoms. The van der Waals surface area contributed by atoms with Gasteiger partial charge in [0.25, 0.3) is 5.91 Å². The molecule has 1 N–H and O–H groups in total. The van der Waals surface area contributed by atoms with Crippen molar-refractivity contribution in [3.05, 3.63) is 12.5 Å². The van der Waals surface area contributed by atoms with Gasteiger partial charge in [-0.05, 0) is 25.2 Å². The van der Waals surface area contributed by atoms with Crippen molar-refractivity contribution in [1.29, 1.82) is 0 Å². The van der Waals surface area contributed by atoms with Crippen LogP contribution in [0.4, 0.5) is 11.5 Å². The molecular weight excluding hydrogens is 256 g/mol. The van der Waals surface area contributed by atoms with E-state index in [2.05, 4.69) is 20.2 Å². The zero-order chi connectivity index (χ0) is 13.9. The van der Waals surface area contributed by atoms with Crippen LogP contribution < -0.4 is 10.2 Å². The normalized spacial score (nSPS) is 25.9. The van der Waals surface area contributed by atoms with Crippen LogP contribution in [0.25, 0.3) is 0 Å². The van der Waals surface area contributed by atoms with Crippen molar-refractivity contribution in [3.63, 3.8) is 0 Å². The number of anilines is 2. The van der Waals surface area contributed by atoms with Crippen LogP contribution in [-0.2, 0) is 9.53 Å². The number of aromatic nitrogens is 2. The summed E-state index contributed by atoms with van der Waals surface area (Å²) in [6, 6.07) is 0. The molecule has 1 aromatic heterocycles. The quantitative estimate of drug-likeness (QED) is 0.905. The summed E-state index contributed by atoms with van der Waals surface area (Å²) in [4.78, 5) is 22.8. The van der Waals surface area contributed by atoms with Crippen LogP contribution in [0.3, 0.4) is 0 Å². The summed E-state index contributed by atoms with van der Waals surface area (Å²) in [5.41, 5.74) is 0.683. The van der Waals surface area contributed by atoms with E-state index < -0.39 is 0 Å². The van der Waals surface area contributed by atoms with Gasteiger partial charge < -0.3 is 15.0 Å². The predicted octanol–water partition coefficient (Wildman–Crippen LogP) is 1.44. The second kappa shape index (κ2) is 5.75. The number of carbonyl (C=O) groups is 1. The Labute approximate surface area is 118 Å². The maximum Gasteiger partial charge on any atom is 0.253 e. The van der Waals surface area contributed by atoms with Crippen LogP contribution in [0.15, 0.2) is 12.5 Å². The Morgan fingerprint density at radius 2 is 2.25 bits per heavy atom. The molecule has 2 aliphatic rings. The fourth-order valence-corrected chi connectivity index (χ4v) is 2.83. The van der Waals surface area contributed by atoms with Crippen molar-refractivity contribution in [2.75, 3.05) is 29.9 Å². The van der Waals surface area contributed by atoms with Gasteiger partial charge in [0.2, 0.25) is 0 Å². The number of amides is 1. The lowest BCUT2D eigenvalue weighted by Gasteiger charge is -2.21. The Morgan fingerprint density at radius 1 is 1.45 bits per heavy atom. The number of nitrogens with zero attached hydrogens (tertiary/aromatic N) is 3. The van der Waals surface area contributed by atoms with Gasteiger partial charge >= 0.3 is 0 Å². The highest BCUT2D eigenvalue weighted by atomic mass is 16.5. The number of rotatable bonds is 3. The molecule has 3 heterocycles. The Bertz CT molecular complexity index is 488. The van der Waals surface area contributed by atoms with Gasteiger partial charge in [0.05, 0.1) is 6.20 Å². The van der Waals surface area contributed by atoms with E-state index in [1.165, 1.54) is 19.2 Å². The van der Waals surface area contributed by atoms with Crippen LogP contribution in [-0.4, -0.2) is 41.7 Å². The largest absolute Gasteiger partial charge is 0.368 e. The van der Waals surface area contributed by atoms with Crippen LogP contribution in [0.2, 0.25) is 0 Å². The molecule has 108 valence electrons. The minimum atomic E-state index is -0.360. The molecule has 1 amide bonds. The molecular formula is C14H20N4O2. The Balaban J connectivity index is 1.75. The summed E-state index contributed by atoms with van der Waals surface area (Å²) in [7, 11) is 0. The molecule has 2 fully saturated rings. The molecule has 0 saturated carbocycles. The Morgan fingerprint density at radius 3 is 2.95 bits per heavy atom. The van der Waals surface area contributed by atoms with Crippen molar-refractivity contribution in [1.82, 2.24) is 9.97 Å². The molecule has 6 nitrogen and oxygen atoms in total. The Kier molecular flexibility index (Phi) is 3.82. The maximum atomic E-state index is 12.3. The third-order valence-electron chi connectivity index (χ3n) is 4.00. The number of ether oxygens (including phenoxy) is 1. The van der Waals surface area contributed by atoms with Crippen molar-refractivity contribution >= 4 is 17.4 Å². The second-order valence-electron chi connectivity index (χ2n) is 5.50. The van der Waals surface area contributed by atoms with Gasteiger partial charge in [0.1, 0.15) is 18.1 Å². The van der Waals surface area contributed by atoms with E-state index in [0.717, 1.165) is 25.3 Å². The molecule has 0 aromatic carbocycles. The minimum Gasteiger partial charge on any atom is -0.368 e. The Hall–Kier alpha value is -1.69. The fourth-order valence-electron chi connectivity index (χ4n) is 2.83. The van der Waals surface area contributed by atoms with E-state index in [1.807, 2.05) is 6.92 Å². The molecule has 2 aliphatic heterocycles. The van der Waals surface area contributed by atoms with Gasteiger partial charge in [-0.25, -0.2) is 9.97 Å². The first kappa shape index (κ1) is 13.3. The van der Waals surface area contributed by atoms with Gasteiger partial charge in [-0.3, -0.25) is 4.79 Å². The average molecular weight is 276 g/mol. The van der Waals surface area contributed by atoms with Crippen molar-refractivity contribution < 1.29 is 9.53 Å². The van der Waals surface area contributed by atoms with Gasteiger partial charge in [-0.1, -0.05) is 6.92 Å². The van der Waals surface area contributed by atoms with Crippen molar-refractivity contribution in [2.24, 2.45) is 5.92 Å². The number of hydrogen-bond donors (Lipinski definition) is 1. The molecule has 20 heavy (non-hydrogen) atoms. The summed E-state index contributed by atoms with van der Waals surface area (Å²) >= 11 is 0. The zero-order valence-electron chi connectivity index (χ0n) is 11.7. The molecule has 0 aliphatic carbocycles.